The van der Waals surface area contributed by atoms with E-state index in [9.17, 15) is 0 Å². The Morgan fingerprint density at radius 3 is 2.89 bits per heavy atom. The summed E-state index contributed by atoms with van der Waals surface area (Å²) in [6, 6.07) is 4.95. The molecule has 1 saturated carbocycles. The van der Waals surface area contributed by atoms with E-state index in [0.717, 1.165) is 18.8 Å². The van der Waals surface area contributed by atoms with Gasteiger partial charge in [0.1, 0.15) is 0 Å². The average molecular weight is 275 g/mol. The quantitative estimate of drug-likeness (QED) is 0.901. The van der Waals surface area contributed by atoms with E-state index in [1.54, 1.807) is 11.3 Å². The number of hydrogen-bond donors (Lipinski definition) is 1. The molecule has 0 unspecified atom stereocenters. The highest BCUT2D eigenvalue weighted by atomic mass is 32.1. The summed E-state index contributed by atoms with van der Waals surface area (Å²) in [5.41, 5.74) is 2.51. The van der Waals surface area contributed by atoms with Crippen LogP contribution in [-0.4, -0.2) is 9.78 Å². The second-order valence-corrected chi connectivity index (χ2v) is 6.09. The third-order valence-electron chi connectivity index (χ3n) is 3.83. The summed E-state index contributed by atoms with van der Waals surface area (Å²) in [5, 5.41) is 12.5. The van der Waals surface area contributed by atoms with Crippen LogP contribution in [0.2, 0.25) is 0 Å². The lowest BCUT2D eigenvalue weighted by Crippen LogP contribution is -2.15. The van der Waals surface area contributed by atoms with Gasteiger partial charge in [0, 0.05) is 19.3 Å². The Morgan fingerprint density at radius 2 is 2.11 bits per heavy atom. The molecule has 2 aromatic heterocycles. The van der Waals surface area contributed by atoms with Gasteiger partial charge in [-0.15, -0.1) is 0 Å². The van der Waals surface area contributed by atoms with Crippen LogP contribution in [0.15, 0.2) is 29.1 Å². The number of nitrogens with zero attached hydrogens (tertiary/aromatic N) is 2. The summed E-state index contributed by atoms with van der Waals surface area (Å²) in [5.74, 6) is 0. The molecule has 0 atom stereocenters. The largest absolute Gasteiger partial charge is 0.307 e. The van der Waals surface area contributed by atoms with Crippen LogP contribution in [0, 0.1) is 0 Å². The summed E-state index contributed by atoms with van der Waals surface area (Å²) in [4.78, 5) is 0. The van der Waals surface area contributed by atoms with Crippen molar-refractivity contribution < 1.29 is 0 Å². The molecular formula is C15H21N3S. The number of rotatable bonds is 5. The zero-order valence-corrected chi connectivity index (χ0v) is 12.0. The summed E-state index contributed by atoms with van der Waals surface area (Å²) in [6.07, 6.45) is 8.85. The molecule has 0 aromatic carbocycles. The first-order chi connectivity index (χ1) is 9.42. The summed E-state index contributed by atoms with van der Waals surface area (Å²) >= 11 is 1.75. The molecule has 0 aliphatic heterocycles. The predicted octanol–water partition coefficient (Wildman–Crippen LogP) is 3.74. The van der Waals surface area contributed by atoms with Crippen LogP contribution in [0.1, 0.15) is 49.4 Å². The van der Waals surface area contributed by atoms with Gasteiger partial charge in [0.15, 0.2) is 0 Å². The molecule has 0 radical (unpaired) electrons. The smallest absolute Gasteiger partial charge is 0.0762 e. The van der Waals surface area contributed by atoms with Crippen LogP contribution < -0.4 is 5.32 Å². The van der Waals surface area contributed by atoms with Crippen molar-refractivity contribution in [2.24, 2.45) is 0 Å². The lowest BCUT2D eigenvalue weighted by atomic mass is 9.96. The first-order valence-electron chi connectivity index (χ1n) is 7.17. The maximum absolute atomic E-state index is 4.71. The second kappa shape index (κ2) is 6.35. The second-order valence-electron chi connectivity index (χ2n) is 5.31. The molecule has 0 saturated heterocycles. The summed E-state index contributed by atoms with van der Waals surface area (Å²) < 4.78 is 2.18. The molecule has 19 heavy (non-hydrogen) atoms. The molecule has 0 amide bonds. The molecule has 3 rings (SSSR count). The molecule has 0 spiro atoms. The van der Waals surface area contributed by atoms with Crippen LogP contribution >= 0.6 is 11.3 Å². The van der Waals surface area contributed by atoms with Crippen LogP contribution in [0.5, 0.6) is 0 Å². The highest BCUT2D eigenvalue weighted by Gasteiger charge is 2.15. The minimum absolute atomic E-state index is 0.638. The fraction of sp³-hybridized carbons (Fsp3) is 0.533. The predicted molar refractivity (Wildman–Crippen MR) is 79.2 cm³/mol. The van der Waals surface area contributed by atoms with Gasteiger partial charge in [0.2, 0.25) is 0 Å². The first kappa shape index (κ1) is 12.9. The third-order valence-corrected chi connectivity index (χ3v) is 4.56. The monoisotopic (exact) mass is 275 g/mol. The number of thiophene rings is 1. The van der Waals surface area contributed by atoms with Crippen molar-refractivity contribution in [1.29, 1.82) is 0 Å². The van der Waals surface area contributed by atoms with Gasteiger partial charge in [0.05, 0.1) is 11.7 Å². The molecule has 1 aliphatic rings. The SMILES string of the molecule is c1cc(CNCc2ccn(C3CCCCC3)n2)cs1. The van der Waals surface area contributed by atoms with Crippen LogP contribution in [-0.2, 0) is 13.1 Å². The Morgan fingerprint density at radius 1 is 1.21 bits per heavy atom. The third kappa shape index (κ3) is 3.45. The zero-order chi connectivity index (χ0) is 12.9. The van der Waals surface area contributed by atoms with E-state index in [2.05, 4.69) is 39.1 Å². The van der Waals surface area contributed by atoms with Gasteiger partial charge in [-0.3, -0.25) is 4.68 Å². The van der Waals surface area contributed by atoms with Gasteiger partial charge in [-0.25, -0.2) is 0 Å². The Bertz CT molecular complexity index is 483. The Kier molecular flexibility index (Phi) is 4.30. The molecule has 1 fully saturated rings. The van der Waals surface area contributed by atoms with Crippen molar-refractivity contribution in [1.82, 2.24) is 15.1 Å². The number of nitrogens with one attached hydrogen (secondary N) is 1. The van der Waals surface area contributed by atoms with E-state index in [4.69, 9.17) is 5.10 Å². The van der Waals surface area contributed by atoms with Crippen LogP contribution in [0.3, 0.4) is 0 Å². The van der Waals surface area contributed by atoms with Crippen molar-refractivity contribution in [3.05, 3.63) is 40.3 Å². The molecule has 3 nitrogen and oxygen atoms in total. The van der Waals surface area contributed by atoms with Crippen molar-refractivity contribution in [3.8, 4) is 0 Å². The number of hydrogen-bond acceptors (Lipinski definition) is 3. The first-order valence-corrected chi connectivity index (χ1v) is 8.12. The van der Waals surface area contributed by atoms with Gasteiger partial charge in [0.25, 0.3) is 0 Å². The van der Waals surface area contributed by atoms with Gasteiger partial charge >= 0.3 is 0 Å². The molecule has 1 aliphatic carbocycles. The topological polar surface area (TPSA) is 29.9 Å². The average Bonchev–Trinajstić information content (AvgIpc) is 3.11. The lowest BCUT2D eigenvalue weighted by Gasteiger charge is -2.21. The molecule has 102 valence electrons. The van der Waals surface area contributed by atoms with Crippen molar-refractivity contribution in [3.63, 3.8) is 0 Å². The van der Waals surface area contributed by atoms with E-state index < -0.39 is 0 Å². The van der Waals surface area contributed by atoms with Gasteiger partial charge in [-0.05, 0) is 41.3 Å². The zero-order valence-electron chi connectivity index (χ0n) is 11.2. The fourth-order valence-corrected chi connectivity index (χ4v) is 3.42. The fourth-order valence-electron chi connectivity index (χ4n) is 2.75. The van der Waals surface area contributed by atoms with Gasteiger partial charge < -0.3 is 5.32 Å². The molecular weight excluding hydrogens is 254 g/mol. The maximum Gasteiger partial charge on any atom is 0.0762 e. The minimum Gasteiger partial charge on any atom is -0.307 e. The highest BCUT2D eigenvalue weighted by Crippen LogP contribution is 2.27. The molecule has 2 heterocycles. The highest BCUT2D eigenvalue weighted by molar-refractivity contribution is 7.07. The maximum atomic E-state index is 4.71. The Balaban J connectivity index is 1.50. The molecule has 1 N–H and O–H groups in total. The number of aromatic nitrogens is 2. The van der Waals surface area contributed by atoms with E-state index in [0.29, 0.717) is 6.04 Å². The summed E-state index contributed by atoms with van der Waals surface area (Å²) in [7, 11) is 0. The van der Waals surface area contributed by atoms with E-state index in [-0.39, 0.29) is 0 Å². The van der Waals surface area contributed by atoms with Gasteiger partial charge in [-0.1, -0.05) is 19.3 Å². The molecule has 0 bridgehead atoms. The molecule has 2 aromatic rings. The van der Waals surface area contributed by atoms with E-state index in [1.165, 1.54) is 37.7 Å². The standard InChI is InChI=1S/C15H21N3S/c1-2-4-15(5-3-1)18-8-6-14(17-18)11-16-10-13-7-9-19-12-13/h6-9,12,15-16H,1-5,10-11H2. The van der Waals surface area contributed by atoms with Crippen molar-refractivity contribution >= 4 is 11.3 Å². The van der Waals surface area contributed by atoms with Crippen LogP contribution in [0.4, 0.5) is 0 Å². The van der Waals surface area contributed by atoms with Crippen molar-refractivity contribution in [2.45, 2.75) is 51.2 Å². The lowest BCUT2D eigenvalue weighted by molar-refractivity contribution is 0.327. The Labute approximate surface area is 118 Å². The van der Waals surface area contributed by atoms with Crippen LogP contribution in [0.25, 0.3) is 0 Å². The van der Waals surface area contributed by atoms with Crippen molar-refractivity contribution in [2.75, 3.05) is 0 Å². The minimum atomic E-state index is 0.638. The molecule has 4 heteroatoms. The Hall–Kier alpha value is -1.13. The summed E-state index contributed by atoms with van der Waals surface area (Å²) in [6.45, 7) is 1.79. The van der Waals surface area contributed by atoms with E-state index in [1.807, 2.05) is 0 Å². The van der Waals surface area contributed by atoms with E-state index >= 15 is 0 Å². The normalized spacial score (nSPS) is 16.8. The van der Waals surface area contributed by atoms with Gasteiger partial charge in [-0.2, -0.15) is 16.4 Å².